The number of hydrogen-bond acceptors (Lipinski definition) is 2. The Labute approximate surface area is 259 Å². The summed E-state index contributed by atoms with van der Waals surface area (Å²) in [4.78, 5) is 18.3. The SMILES string of the molecule is CN(C[C@@H](CCN1CCC2(C=Cc3ccccc32)CC1)c1ccc(Cl)c(Cl)c1)C(=O)c1ccccc1-c1ccccc1. The van der Waals surface area contributed by atoms with E-state index in [1.165, 1.54) is 11.1 Å². The number of halogens is 2. The highest BCUT2D eigenvalue weighted by Crippen LogP contribution is 2.43. The van der Waals surface area contributed by atoms with Crippen molar-refractivity contribution in [2.75, 3.05) is 33.2 Å². The average molecular weight is 596 g/mol. The second-order valence-electron chi connectivity index (χ2n) is 11.7. The molecule has 1 atom stereocenters. The number of piperidine rings is 1. The lowest BCUT2D eigenvalue weighted by atomic mass is 9.74. The summed E-state index contributed by atoms with van der Waals surface area (Å²) in [6.07, 6.45) is 7.92. The molecular formula is C37H36Cl2N2O. The van der Waals surface area contributed by atoms with Gasteiger partial charge in [0.05, 0.1) is 10.0 Å². The van der Waals surface area contributed by atoms with Crippen LogP contribution in [0.2, 0.25) is 10.0 Å². The molecule has 42 heavy (non-hydrogen) atoms. The number of amides is 1. The van der Waals surface area contributed by atoms with Gasteiger partial charge in [0.15, 0.2) is 0 Å². The fraction of sp³-hybridized carbons (Fsp3) is 0.270. The Balaban J connectivity index is 1.17. The molecule has 5 heteroatoms. The van der Waals surface area contributed by atoms with E-state index in [-0.39, 0.29) is 17.2 Å². The summed E-state index contributed by atoms with van der Waals surface area (Å²) in [5, 5.41) is 1.10. The number of carbonyl (C=O) groups excluding carboxylic acids is 1. The highest BCUT2D eigenvalue weighted by atomic mass is 35.5. The van der Waals surface area contributed by atoms with Crippen LogP contribution < -0.4 is 0 Å². The van der Waals surface area contributed by atoms with Crippen LogP contribution in [0.4, 0.5) is 0 Å². The van der Waals surface area contributed by atoms with Gasteiger partial charge in [-0.1, -0.05) is 114 Å². The van der Waals surface area contributed by atoms with Gasteiger partial charge in [-0.15, -0.1) is 0 Å². The third-order valence-corrected chi connectivity index (χ3v) is 9.86. The highest BCUT2D eigenvalue weighted by Gasteiger charge is 2.37. The van der Waals surface area contributed by atoms with Crippen molar-refractivity contribution in [3.63, 3.8) is 0 Å². The first kappa shape index (κ1) is 28.7. The lowest BCUT2D eigenvalue weighted by molar-refractivity contribution is 0.0782. The third-order valence-electron chi connectivity index (χ3n) is 9.12. The predicted octanol–water partition coefficient (Wildman–Crippen LogP) is 8.97. The first-order chi connectivity index (χ1) is 20.4. The van der Waals surface area contributed by atoms with Crippen molar-refractivity contribution < 1.29 is 4.79 Å². The van der Waals surface area contributed by atoms with Gasteiger partial charge in [-0.25, -0.2) is 0 Å². The van der Waals surface area contributed by atoms with Crippen LogP contribution in [0.5, 0.6) is 0 Å². The number of allylic oxidation sites excluding steroid dienone is 1. The van der Waals surface area contributed by atoms with Crippen LogP contribution in [0.3, 0.4) is 0 Å². The number of likely N-dealkylation sites (tertiary alicyclic amines) is 1. The van der Waals surface area contributed by atoms with Gasteiger partial charge < -0.3 is 9.80 Å². The Bertz CT molecular complexity index is 1590. The summed E-state index contributed by atoms with van der Waals surface area (Å²) in [6.45, 7) is 3.68. The zero-order chi connectivity index (χ0) is 29.1. The number of fused-ring (bicyclic) bond motifs is 2. The van der Waals surface area contributed by atoms with E-state index in [9.17, 15) is 4.79 Å². The second-order valence-corrected chi connectivity index (χ2v) is 12.5. The quantitative estimate of drug-likeness (QED) is 0.203. The van der Waals surface area contributed by atoms with Crippen LogP contribution in [0.25, 0.3) is 17.2 Å². The Hall–Kier alpha value is -3.37. The van der Waals surface area contributed by atoms with Crippen molar-refractivity contribution in [2.24, 2.45) is 0 Å². The van der Waals surface area contributed by atoms with E-state index in [1.807, 2.05) is 78.7 Å². The molecular weight excluding hydrogens is 559 g/mol. The van der Waals surface area contributed by atoms with Gasteiger partial charge in [0.25, 0.3) is 5.91 Å². The molecule has 1 spiro atoms. The Morgan fingerprint density at radius 2 is 1.60 bits per heavy atom. The van der Waals surface area contributed by atoms with Gasteiger partial charge in [-0.3, -0.25) is 4.79 Å². The number of nitrogens with zero attached hydrogens (tertiary/aromatic N) is 2. The fourth-order valence-corrected chi connectivity index (χ4v) is 6.98. The smallest absolute Gasteiger partial charge is 0.254 e. The van der Waals surface area contributed by atoms with Crippen LogP contribution in [-0.4, -0.2) is 48.9 Å². The topological polar surface area (TPSA) is 23.6 Å². The Morgan fingerprint density at radius 1 is 0.881 bits per heavy atom. The molecule has 1 amide bonds. The molecule has 1 fully saturated rings. The van der Waals surface area contributed by atoms with Gasteiger partial charge in [0.2, 0.25) is 0 Å². The van der Waals surface area contributed by atoms with Crippen LogP contribution in [0.15, 0.2) is 103 Å². The van der Waals surface area contributed by atoms with E-state index < -0.39 is 0 Å². The normalized spacial score (nSPS) is 16.4. The van der Waals surface area contributed by atoms with E-state index in [0.29, 0.717) is 22.2 Å². The molecule has 214 valence electrons. The summed E-state index contributed by atoms with van der Waals surface area (Å²) in [5.41, 5.74) is 6.84. The number of benzene rings is 4. The van der Waals surface area contributed by atoms with E-state index in [0.717, 1.165) is 55.6 Å². The number of carbonyl (C=O) groups is 1. The van der Waals surface area contributed by atoms with Crippen molar-refractivity contribution in [1.29, 1.82) is 0 Å². The zero-order valence-corrected chi connectivity index (χ0v) is 25.5. The molecule has 4 aromatic carbocycles. The largest absolute Gasteiger partial charge is 0.341 e. The Morgan fingerprint density at radius 3 is 2.38 bits per heavy atom. The van der Waals surface area contributed by atoms with Crippen LogP contribution in [-0.2, 0) is 5.41 Å². The van der Waals surface area contributed by atoms with Gasteiger partial charge in [0, 0.05) is 30.5 Å². The third kappa shape index (κ3) is 5.92. The maximum Gasteiger partial charge on any atom is 0.254 e. The van der Waals surface area contributed by atoms with Crippen LogP contribution in [0, 0.1) is 0 Å². The van der Waals surface area contributed by atoms with Gasteiger partial charge >= 0.3 is 0 Å². The molecule has 0 aromatic heterocycles. The lowest BCUT2D eigenvalue weighted by Crippen LogP contribution is -2.42. The number of likely N-dealkylation sites (N-methyl/N-ethyl adjacent to an activating group) is 1. The molecule has 4 aromatic rings. The molecule has 0 unspecified atom stereocenters. The zero-order valence-electron chi connectivity index (χ0n) is 24.0. The molecule has 0 bridgehead atoms. The fourth-order valence-electron chi connectivity index (χ4n) is 6.67. The maximum absolute atomic E-state index is 13.8. The molecule has 1 aliphatic carbocycles. The minimum Gasteiger partial charge on any atom is -0.341 e. The van der Waals surface area contributed by atoms with Crippen LogP contribution in [0.1, 0.15) is 52.2 Å². The average Bonchev–Trinajstić information content (AvgIpc) is 3.39. The van der Waals surface area contributed by atoms with Crippen molar-refractivity contribution in [2.45, 2.75) is 30.6 Å². The summed E-state index contributed by atoms with van der Waals surface area (Å²) in [6, 6.07) is 32.7. The first-order valence-corrected chi connectivity index (χ1v) is 15.6. The molecule has 1 saturated heterocycles. The predicted molar refractivity (Wildman–Crippen MR) is 175 cm³/mol. The number of rotatable bonds is 8. The summed E-state index contributed by atoms with van der Waals surface area (Å²) in [5.74, 6) is 0.145. The Kier molecular flexibility index (Phi) is 8.53. The first-order valence-electron chi connectivity index (χ1n) is 14.8. The monoisotopic (exact) mass is 594 g/mol. The van der Waals surface area contributed by atoms with E-state index >= 15 is 0 Å². The molecule has 6 rings (SSSR count). The van der Waals surface area contributed by atoms with Gasteiger partial charge in [0.1, 0.15) is 0 Å². The standard InChI is InChI=1S/C37H36Cl2N2O/c1-40(36(42)32-13-7-6-12-31(32)27-9-3-2-4-10-27)26-30(29-15-16-34(38)35(39)25-29)18-22-41-23-20-37(21-24-41)19-17-28-11-5-8-14-33(28)37/h2-17,19,25,30H,18,20-24,26H2,1H3/t30-/m1/s1. The summed E-state index contributed by atoms with van der Waals surface area (Å²) >= 11 is 12.8. The summed E-state index contributed by atoms with van der Waals surface area (Å²) < 4.78 is 0. The molecule has 3 nitrogen and oxygen atoms in total. The number of hydrogen-bond donors (Lipinski definition) is 0. The van der Waals surface area contributed by atoms with E-state index in [1.54, 1.807) is 0 Å². The molecule has 0 N–H and O–H groups in total. The summed E-state index contributed by atoms with van der Waals surface area (Å²) in [7, 11) is 1.91. The molecule has 1 heterocycles. The molecule has 2 aliphatic rings. The van der Waals surface area contributed by atoms with Crippen molar-refractivity contribution in [1.82, 2.24) is 9.80 Å². The van der Waals surface area contributed by atoms with Crippen LogP contribution >= 0.6 is 23.2 Å². The maximum atomic E-state index is 13.8. The van der Waals surface area contributed by atoms with Crippen molar-refractivity contribution in [3.8, 4) is 11.1 Å². The van der Waals surface area contributed by atoms with E-state index in [4.69, 9.17) is 23.2 Å². The van der Waals surface area contributed by atoms with E-state index in [2.05, 4.69) is 47.4 Å². The van der Waals surface area contributed by atoms with Gasteiger partial charge in [-0.2, -0.15) is 0 Å². The lowest BCUT2D eigenvalue weighted by Gasteiger charge is -2.40. The van der Waals surface area contributed by atoms with Gasteiger partial charge in [-0.05, 0) is 84.9 Å². The van der Waals surface area contributed by atoms with Crippen molar-refractivity contribution >= 4 is 35.2 Å². The van der Waals surface area contributed by atoms with Crippen molar-refractivity contribution in [3.05, 3.63) is 135 Å². The minimum absolute atomic E-state index is 0.0195. The molecule has 0 saturated carbocycles. The minimum atomic E-state index is 0.0195. The molecule has 1 aliphatic heterocycles. The second kappa shape index (κ2) is 12.5. The highest BCUT2D eigenvalue weighted by molar-refractivity contribution is 6.42. The molecule has 0 radical (unpaired) electrons.